The summed E-state index contributed by atoms with van der Waals surface area (Å²) in [5.41, 5.74) is 5.54. The van der Waals surface area contributed by atoms with Crippen LogP contribution in [0.25, 0.3) is 28.3 Å². The van der Waals surface area contributed by atoms with Crippen molar-refractivity contribution in [1.82, 2.24) is 9.88 Å². The first kappa shape index (κ1) is 25.1. The standard InChI is InChI=1S/C32H31N3O4/c36-21-23-11-13-30-27(18-23)33-31(39-30)9-5-4-6-22-10-12-26(24-7-2-1-3-8-24)28(19-22)35(32(37)38)29-20-34-16-14-25(29)15-17-34/h1-4,6-8,10-13,18-19,21,25,29H,5,9,14-17,20H2,(H,37,38)/b6-4+/t29-/m0/s1. The van der Waals surface area contributed by atoms with Gasteiger partial charge in [0.1, 0.15) is 11.8 Å². The van der Waals surface area contributed by atoms with Gasteiger partial charge in [-0.3, -0.25) is 9.69 Å². The molecule has 198 valence electrons. The number of nitrogens with zero attached hydrogens (tertiary/aromatic N) is 3. The number of piperidine rings is 3. The molecule has 0 saturated carbocycles. The van der Waals surface area contributed by atoms with Gasteiger partial charge in [0.2, 0.25) is 0 Å². The number of anilines is 1. The molecule has 1 atom stereocenters. The molecule has 1 aromatic heterocycles. The zero-order valence-corrected chi connectivity index (χ0v) is 21.7. The third-order valence-corrected chi connectivity index (χ3v) is 7.95. The van der Waals surface area contributed by atoms with E-state index in [1.54, 1.807) is 23.1 Å². The Bertz CT molecular complexity index is 1520. The third-order valence-electron chi connectivity index (χ3n) is 7.95. The maximum Gasteiger partial charge on any atom is 0.412 e. The summed E-state index contributed by atoms with van der Waals surface area (Å²) >= 11 is 0. The van der Waals surface area contributed by atoms with Crippen LogP contribution in [0.3, 0.4) is 0 Å². The number of allylic oxidation sites excluding steroid dienone is 1. The molecule has 0 unspecified atom stereocenters. The van der Waals surface area contributed by atoms with E-state index in [2.05, 4.69) is 16.0 Å². The predicted molar refractivity (Wildman–Crippen MR) is 152 cm³/mol. The van der Waals surface area contributed by atoms with Gasteiger partial charge in [0.25, 0.3) is 0 Å². The Balaban J connectivity index is 1.26. The number of oxazole rings is 1. The average molecular weight is 522 g/mol. The van der Waals surface area contributed by atoms with Crippen LogP contribution in [0.5, 0.6) is 0 Å². The van der Waals surface area contributed by atoms with Crippen molar-refractivity contribution in [3.8, 4) is 11.1 Å². The summed E-state index contributed by atoms with van der Waals surface area (Å²) in [6, 6.07) is 21.2. The molecule has 4 aromatic rings. The van der Waals surface area contributed by atoms with Crippen molar-refractivity contribution in [1.29, 1.82) is 0 Å². The quantitative estimate of drug-likeness (QED) is 0.265. The van der Waals surface area contributed by atoms with E-state index < -0.39 is 6.09 Å². The largest absolute Gasteiger partial charge is 0.465 e. The first-order valence-electron chi connectivity index (χ1n) is 13.5. The number of aldehydes is 1. The number of carboxylic acid groups (broad SMARTS) is 1. The molecule has 39 heavy (non-hydrogen) atoms. The monoisotopic (exact) mass is 521 g/mol. The van der Waals surface area contributed by atoms with Crippen LogP contribution >= 0.6 is 0 Å². The number of fused-ring (bicyclic) bond motifs is 4. The molecule has 0 aliphatic carbocycles. The summed E-state index contributed by atoms with van der Waals surface area (Å²) in [6.07, 6.45) is 7.41. The molecule has 3 saturated heterocycles. The second-order valence-electron chi connectivity index (χ2n) is 10.4. The van der Waals surface area contributed by atoms with E-state index in [0.717, 1.165) is 61.1 Å². The number of carbonyl (C=O) groups excluding carboxylic acids is 1. The first-order chi connectivity index (χ1) is 19.1. The van der Waals surface area contributed by atoms with E-state index in [-0.39, 0.29) is 6.04 Å². The van der Waals surface area contributed by atoms with Gasteiger partial charge in [0.15, 0.2) is 11.5 Å². The summed E-state index contributed by atoms with van der Waals surface area (Å²) in [6.45, 7) is 2.90. The summed E-state index contributed by atoms with van der Waals surface area (Å²) < 4.78 is 5.82. The van der Waals surface area contributed by atoms with Gasteiger partial charge in [-0.25, -0.2) is 9.78 Å². The molecule has 3 aliphatic heterocycles. The van der Waals surface area contributed by atoms with E-state index >= 15 is 0 Å². The van der Waals surface area contributed by atoms with Crippen LogP contribution in [0.2, 0.25) is 0 Å². The lowest BCUT2D eigenvalue weighted by molar-refractivity contribution is 0.0838. The van der Waals surface area contributed by atoms with Gasteiger partial charge >= 0.3 is 6.09 Å². The lowest BCUT2D eigenvalue weighted by Crippen LogP contribution is -2.59. The van der Waals surface area contributed by atoms with Crippen molar-refractivity contribution in [2.24, 2.45) is 5.92 Å². The Hall–Kier alpha value is -4.23. The number of benzene rings is 3. The van der Waals surface area contributed by atoms with Gasteiger partial charge < -0.3 is 14.4 Å². The highest BCUT2D eigenvalue weighted by molar-refractivity contribution is 5.94. The molecule has 7 heteroatoms. The minimum Gasteiger partial charge on any atom is -0.465 e. The molecule has 4 heterocycles. The van der Waals surface area contributed by atoms with Crippen LogP contribution in [0.1, 0.15) is 41.1 Å². The first-order valence-corrected chi connectivity index (χ1v) is 13.5. The Kier molecular flexibility index (Phi) is 6.99. The van der Waals surface area contributed by atoms with E-state index in [0.29, 0.717) is 41.3 Å². The van der Waals surface area contributed by atoms with E-state index in [1.165, 1.54) is 0 Å². The molecular weight excluding hydrogens is 490 g/mol. The van der Waals surface area contributed by atoms with Crippen molar-refractivity contribution >= 4 is 35.2 Å². The lowest BCUT2D eigenvalue weighted by atomic mass is 9.82. The Morgan fingerprint density at radius 3 is 2.56 bits per heavy atom. The number of hydrogen-bond acceptors (Lipinski definition) is 5. The minimum atomic E-state index is -0.902. The zero-order valence-electron chi connectivity index (χ0n) is 21.7. The predicted octanol–water partition coefficient (Wildman–Crippen LogP) is 6.53. The second kappa shape index (κ2) is 10.9. The second-order valence-corrected chi connectivity index (χ2v) is 10.4. The van der Waals surface area contributed by atoms with Crippen LogP contribution < -0.4 is 4.90 Å². The summed E-state index contributed by atoms with van der Waals surface area (Å²) in [5, 5.41) is 10.5. The van der Waals surface area contributed by atoms with Crippen LogP contribution in [0.15, 0.2) is 77.2 Å². The Labute approximate surface area is 227 Å². The average Bonchev–Trinajstić information content (AvgIpc) is 3.38. The number of aryl methyl sites for hydroxylation is 1. The van der Waals surface area contributed by atoms with E-state index in [4.69, 9.17) is 4.42 Å². The third kappa shape index (κ3) is 5.22. The van der Waals surface area contributed by atoms with Crippen LogP contribution in [-0.2, 0) is 6.42 Å². The van der Waals surface area contributed by atoms with Gasteiger partial charge in [-0.1, -0.05) is 54.6 Å². The number of amides is 1. The van der Waals surface area contributed by atoms with Gasteiger partial charge in [-0.2, -0.15) is 0 Å². The fourth-order valence-electron chi connectivity index (χ4n) is 5.96. The molecule has 1 amide bonds. The molecule has 2 bridgehead atoms. The van der Waals surface area contributed by atoms with E-state index in [9.17, 15) is 14.7 Å². The maximum absolute atomic E-state index is 12.8. The van der Waals surface area contributed by atoms with Crippen molar-refractivity contribution in [3.63, 3.8) is 0 Å². The Morgan fingerprint density at radius 1 is 1.05 bits per heavy atom. The molecule has 7 rings (SSSR count). The molecule has 0 radical (unpaired) electrons. The topological polar surface area (TPSA) is 86.9 Å². The molecule has 3 fully saturated rings. The lowest BCUT2D eigenvalue weighted by Gasteiger charge is -2.48. The number of rotatable bonds is 8. The van der Waals surface area contributed by atoms with Crippen molar-refractivity contribution in [3.05, 3.63) is 89.8 Å². The fourth-order valence-corrected chi connectivity index (χ4v) is 5.96. The van der Waals surface area contributed by atoms with Crippen molar-refractivity contribution < 1.29 is 19.1 Å². The maximum atomic E-state index is 12.8. The van der Waals surface area contributed by atoms with Gasteiger partial charge in [0, 0.05) is 24.1 Å². The Morgan fingerprint density at radius 2 is 1.85 bits per heavy atom. The van der Waals surface area contributed by atoms with E-state index in [1.807, 2.05) is 54.6 Å². The molecular formula is C32H31N3O4. The summed E-state index contributed by atoms with van der Waals surface area (Å²) in [4.78, 5) is 32.3. The molecule has 3 aliphatic rings. The highest BCUT2D eigenvalue weighted by Gasteiger charge is 2.40. The number of carbonyl (C=O) groups is 2. The van der Waals surface area contributed by atoms with Crippen LogP contribution in [0.4, 0.5) is 10.5 Å². The van der Waals surface area contributed by atoms with Gasteiger partial charge in [0.05, 0.1) is 11.7 Å². The number of hydrogen-bond donors (Lipinski definition) is 1. The molecule has 1 N–H and O–H groups in total. The minimum absolute atomic E-state index is 0.0504. The zero-order chi connectivity index (χ0) is 26.8. The van der Waals surface area contributed by atoms with Gasteiger partial charge in [-0.05, 0) is 73.7 Å². The van der Waals surface area contributed by atoms with Gasteiger partial charge in [-0.15, -0.1) is 0 Å². The SMILES string of the molecule is O=Cc1ccc2oc(CC/C=C/c3ccc(-c4ccccc4)c(N(C(=O)O)[C@H]4CN5CCC4CC5)c3)nc2c1. The van der Waals surface area contributed by atoms with Crippen LogP contribution in [0, 0.1) is 5.92 Å². The van der Waals surface area contributed by atoms with Crippen molar-refractivity contribution in [2.45, 2.75) is 31.7 Å². The fraction of sp³-hybridized carbons (Fsp3) is 0.281. The van der Waals surface area contributed by atoms with Crippen LogP contribution in [-0.4, -0.2) is 53.0 Å². The molecule has 0 spiro atoms. The smallest absolute Gasteiger partial charge is 0.412 e. The summed E-state index contributed by atoms with van der Waals surface area (Å²) in [5.74, 6) is 1.00. The van der Waals surface area contributed by atoms with Crippen molar-refractivity contribution in [2.75, 3.05) is 24.5 Å². The molecule has 7 nitrogen and oxygen atoms in total. The molecule has 3 aromatic carbocycles. The summed E-state index contributed by atoms with van der Waals surface area (Å²) in [7, 11) is 0. The highest BCUT2D eigenvalue weighted by Crippen LogP contribution is 2.39. The number of aromatic nitrogens is 1. The highest BCUT2D eigenvalue weighted by atomic mass is 16.4. The normalized spacial score (nSPS) is 20.5.